The maximum Gasteiger partial charge on any atom is 0.149 e. The standard InChI is InChI=1S/C10H12ClN3O2S/c1-7(6-17(2,15)16)13-10-4-8(5-12)3-9(11)14-10/h3-4,7H,6H2,1-2H3,(H,13,14). The van der Waals surface area contributed by atoms with E-state index in [9.17, 15) is 8.42 Å². The summed E-state index contributed by atoms with van der Waals surface area (Å²) < 4.78 is 22.2. The van der Waals surface area contributed by atoms with Crippen molar-refractivity contribution in [3.63, 3.8) is 0 Å². The first-order valence-electron chi connectivity index (χ1n) is 4.82. The molecule has 1 heterocycles. The van der Waals surface area contributed by atoms with Crippen molar-refractivity contribution in [2.24, 2.45) is 0 Å². The Morgan fingerprint density at radius 2 is 2.24 bits per heavy atom. The number of nitriles is 1. The molecule has 0 aliphatic carbocycles. The lowest BCUT2D eigenvalue weighted by Crippen LogP contribution is -2.25. The molecule has 0 saturated heterocycles. The third kappa shape index (κ3) is 5.02. The highest BCUT2D eigenvalue weighted by atomic mass is 35.5. The lowest BCUT2D eigenvalue weighted by atomic mass is 10.3. The molecule has 1 atom stereocenters. The summed E-state index contributed by atoms with van der Waals surface area (Å²) in [6.07, 6.45) is 1.16. The summed E-state index contributed by atoms with van der Waals surface area (Å²) in [7, 11) is -3.06. The van der Waals surface area contributed by atoms with Crippen LogP contribution in [0.3, 0.4) is 0 Å². The van der Waals surface area contributed by atoms with Gasteiger partial charge in [-0.25, -0.2) is 13.4 Å². The highest BCUT2D eigenvalue weighted by Crippen LogP contribution is 2.14. The van der Waals surface area contributed by atoms with Gasteiger partial charge in [-0.1, -0.05) is 11.6 Å². The van der Waals surface area contributed by atoms with Crippen molar-refractivity contribution in [1.29, 1.82) is 5.26 Å². The Hall–Kier alpha value is -1.32. The molecular formula is C10H12ClN3O2S. The summed E-state index contributed by atoms with van der Waals surface area (Å²) in [4.78, 5) is 3.96. The van der Waals surface area contributed by atoms with Crippen LogP contribution in [0.5, 0.6) is 0 Å². The van der Waals surface area contributed by atoms with Crippen molar-refractivity contribution in [3.8, 4) is 6.07 Å². The number of rotatable bonds is 4. The highest BCUT2D eigenvalue weighted by Gasteiger charge is 2.11. The van der Waals surface area contributed by atoms with E-state index < -0.39 is 9.84 Å². The second-order valence-electron chi connectivity index (χ2n) is 3.81. The van der Waals surface area contributed by atoms with Gasteiger partial charge < -0.3 is 5.32 Å². The van der Waals surface area contributed by atoms with Crippen LogP contribution in [0.15, 0.2) is 12.1 Å². The van der Waals surface area contributed by atoms with Crippen molar-refractivity contribution < 1.29 is 8.42 Å². The number of nitrogens with zero attached hydrogens (tertiary/aromatic N) is 2. The normalized spacial score (nSPS) is 12.8. The molecule has 0 bridgehead atoms. The molecule has 0 aliphatic heterocycles. The fourth-order valence-corrected chi connectivity index (χ4v) is 2.58. The molecule has 1 unspecified atom stereocenters. The Bertz CT molecular complexity index is 551. The van der Waals surface area contributed by atoms with Crippen LogP contribution < -0.4 is 5.32 Å². The molecule has 0 radical (unpaired) electrons. The van der Waals surface area contributed by atoms with Gasteiger partial charge in [-0.15, -0.1) is 0 Å². The Labute approximate surface area is 105 Å². The zero-order valence-electron chi connectivity index (χ0n) is 9.44. The molecule has 0 spiro atoms. The van der Waals surface area contributed by atoms with Gasteiger partial charge in [0.1, 0.15) is 20.8 Å². The van der Waals surface area contributed by atoms with Crippen LogP contribution in [0.25, 0.3) is 0 Å². The van der Waals surface area contributed by atoms with Crippen LogP contribution in [0, 0.1) is 11.3 Å². The van der Waals surface area contributed by atoms with Gasteiger partial charge >= 0.3 is 0 Å². The van der Waals surface area contributed by atoms with Crippen LogP contribution in [0.1, 0.15) is 12.5 Å². The minimum Gasteiger partial charge on any atom is -0.367 e. The first kappa shape index (κ1) is 13.7. The zero-order chi connectivity index (χ0) is 13.1. The predicted molar refractivity (Wildman–Crippen MR) is 66.8 cm³/mol. The SMILES string of the molecule is CC(CS(C)(=O)=O)Nc1cc(C#N)cc(Cl)n1. The maximum atomic E-state index is 11.1. The molecule has 0 amide bonds. The van der Waals surface area contributed by atoms with Gasteiger partial charge in [0.05, 0.1) is 17.4 Å². The van der Waals surface area contributed by atoms with E-state index >= 15 is 0 Å². The third-order valence-electron chi connectivity index (χ3n) is 1.87. The van der Waals surface area contributed by atoms with E-state index in [1.165, 1.54) is 12.1 Å². The Balaban J connectivity index is 2.82. The van der Waals surface area contributed by atoms with Crippen LogP contribution >= 0.6 is 11.6 Å². The second kappa shape index (κ2) is 5.34. The maximum absolute atomic E-state index is 11.1. The number of pyridine rings is 1. The second-order valence-corrected chi connectivity index (χ2v) is 6.39. The molecule has 1 rings (SSSR count). The molecule has 17 heavy (non-hydrogen) atoms. The number of halogens is 1. The summed E-state index contributed by atoms with van der Waals surface area (Å²) in [6, 6.07) is 4.60. The molecule has 1 aromatic rings. The smallest absolute Gasteiger partial charge is 0.149 e. The molecule has 0 aromatic carbocycles. The number of anilines is 1. The molecule has 92 valence electrons. The lowest BCUT2D eigenvalue weighted by Gasteiger charge is -2.13. The first-order valence-corrected chi connectivity index (χ1v) is 7.26. The highest BCUT2D eigenvalue weighted by molar-refractivity contribution is 7.90. The van der Waals surface area contributed by atoms with Gasteiger partial charge in [0.2, 0.25) is 0 Å². The Kier molecular flexibility index (Phi) is 4.32. The molecule has 0 aliphatic rings. The van der Waals surface area contributed by atoms with Gasteiger partial charge in [-0.2, -0.15) is 5.26 Å². The van der Waals surface area contributed by atoms with Gasteiger partial charge in [-0.3, -0.25) is 0 Å². The Morgan fingerprint density at radius 1 is 1.59 bits per heavy atom. The average molecular weight is 274 g/mol. The van der Waals surface area contributed by atoms with Crippen LogP contribution in [0.2, 0.25) is 5.15 Å². The molecule has 0 saturated carbocycles. The topological polar surface area (TPSA) is 82.9 Å². The predicted octanol–water partition coefficient (Wildman–Crippen LogP) is 1.45. The van der Waals surface area contributed by atoms with Crippen LogP contribution in [-0.4, -0.2) is 31.5 Å². The van der Waals surface area contributed by atoms with Crippen molar-refractivity contribution in [2.75, 3.05) is 17.3 Å². The largest absolute Gasteiger partial charge is 0.367 e. The van der Waals surface area contributed by atoms with E-state index in [4.69, 9.17) is 16.9 Å². The van der Waals surface area contributed by atoms with Crippen molar-refractivity contribution in [3.05, 3.63) is 22.8 Å². The van der Waals surface area contributed by atoms with Crippen LogP contribution in [-0.2, 0) is 9.84 Å². The van der Waals surface area contributed by atoms with E-state index in [1.54, 1.807) is 6.92 Å². The lowest BCUT2D eigenvalue weighted by molar-refractivity contribution is 0.598. The van der Waals surface area contributed by atoms with Crippen molar-refractivity contribution in [1.82, 2.24) is 4.98 Å². The summed E-state index contributed by atoms with van der Waals surface area (Å²) in [6.45, 7) is 1.72. The van der Waals surface area contributed by atoms with E-state index in [-0.39, 0.29) is 16.9 Å². The van der Waals surface area contributed by atoms with Crippen molar-refractivity contribution >= 4 is 27.3 Å². The number of hydrogen-bond acceptors (Lipinski definition) is 5. The van der Waals surface area contributed by atoms with E-state index in [0.717, 1.165) is 6.26 Å². The number of hydrogen-bond donors (Lipinski definition) is 1. The van der Waals surface area contributed by atoms with Gasteiger partial charge in [0.25, 0.3) is 0 Å². The molecular weight excluding hydrogens is 262 g/mol. The fraction of sp³-hybridized carbons (Fsp3) is 0.400. The molecule has 5 nitrogen and oxygen atoms in total. The molecule has 0 fully saturated rings. The molecule has 1 aromatic heterocycles. The summed E-state index contributed by atoms with van der Waals surface area (Å²) in [5.41, 5.74) is 0.374. The summed E-state index contributed by atoms with van der Waals surface area (Å²) in [5, 5.41) is 11.8. The molecule has 7 heteroatoms. The van der Waals surface area contributed by atoms with E-state index in [0.29, 0.717) is 11.4 Å². The monoisotopic (exact) mass is 273 g/mol. The number of nitrogens with one attached hydrogen (secondary N) is 1. The van der Waals surface area contributed by atoms with Crippen molar-refractivity contribution in [2.45, 2.75) is 13.0 Å². The minimum absolute atomic E-state index is 0.0108. The van der Waals surface area contributed by atoms with E-state index in [1.807, 2.05) is 6.07 Å². The fourth-order valence-electron chi connectivity index (χ4n) is 1.38. The van der Waals surface area contributed by atoms with Crippen LogP contribution in [0.4, 0.5) is 5.82 Å². The average Bonchev–Trinajstić information content (AvgIpc) is 2.13. The first-order chi connectivity index (χ1) is 7.80. The van der Waals surface area contributed by atoms with Gasteiger partial charge in [0.15, 0.2) is 0 Å². The van der Waals surface area contributed by atoms with Gasteiger partial charge in [0, 0.05) is 12.3 Å². The van der Waals surface area contributed by atoms with E-state index in [2.05, 4.69) is 10.3 Å². The minimum atomic E-state index is -3.06. The molecule has 1 N–H and O–H groups in total. The Morgan fingerprint density at radius 3 is 2.76 bits per heavy atom. The third-order valence-corrected chi connectivity index (χ3v) is 3.17. The quantitative estimate of drug-likeness (QED) is 0.840. The summed E-state index contributed by atoms with van der Waals surface area (Å²) in [5.74, 6) is 0.383. The summed E-state index contributed by atoms with van der Waals surface area (Å²) >= 11 is 5.72. The number of sulfone groups is 1. The van der Waals surface area contributed by atoms with Gasteiger partial charge in [-0.05, 0) is 19.1 Å². The number of aromatic nitrogens is 1. The zero-order valence-corrected chi connectivity index (χ0v) is 11.0.